The molecule has 4 heteroatoms. The Kier molecular flexibility index (Phi) is 3.51. The Morgan fingerprint density at radius 1 is 1.47 bits per heavy atom. The molecule has 2 rings (SSSR count). The van der Waals surface area contributed by atoms with Gasteiger partial charge in [-0.15, -0.1) is 22.7 Å². The first kappa shape index (κ1) is 10.8. The van der Waals surface area contributed by atoms with Crippen molar-refractivity contribution in [3.8, 4) is 9.88 Å². The molecule has 1 N–H and O–H groups in total. The largest absolute Gasteiger partial charge is 0.309 e. The van der Waals surface area contributed by atoms with E-state index in [1.807, 2.05) is 0 Å². The van der Waals surface area contributed by atoms with Gasteiger partial charge in [0.05, 0.1) is 10.6 Å². The zero-order valence-electron chi connectivity index (χ0n) is 8.86. The maximum Gasteiger partial charge on any atom is 0.133 e. The molecule has 0 spiro atoms. The molecule has 0 aliphatic rings. The Bertz CT molecular complexity index is 406. The predicted molar refractivity (Wildman–Crippen MR) is 67.5 cm³/mol. The van der Waals surface area contributed by atoms with E-state index >= 15 is 0 Å². The van der Waals surface area contributed by atoms with Gasteiger partial charge < -0.3 is 5.32 Å². The SMILES string of the molecule is CCNC(C)c1csc(-c2cccs2)n1. The smallest absolute Gasteiger partial charge is 0.133 e. The Labute approximate surface area is 98.0 Å². The number of nitrogens with one attached hydrogen (secondary N) is 1. The van der Waals surface area contributed by atoms with Gasteiger partial charge in [-0.1, -0.05) is 13.0 Å². The van der Waals surface area contributed by atoms with E-state index < -0.39 is 0 Å². The average Bonchev–Trinajstić information content (AvgIpc) is 2.89. The van der Waals surface area contributed by atoms with Crippen molar-refractivity contribution in [1.82, 2.24) is 10.3 Å². The Morgan fingerprint density at radius 2 is 2.33 bits per heavy atom. The summed E-state index contributed by atoms with van der Waals surface area (Å²) in [5, 5.41) is 8.73. The van der Waals surface area contributed by atoms with Crippen molar-refractivity contribution in [2.24, 2.45) is 0 Å². The number of hydrogen-bond donors (Lipinski definition) is 1. The summed E-state index contributed by atoms with van der Waals surface area (Å²) in [7, 11) is 0. The summed E-state index contributed by atoms with van der Waals surface area (Å²) in [5.74, 6) is 0. The third-order valence-electron chi connectivity index (χ3n) is 2.21. The lowest BCUT2D eigenvalue weighted by molar-refractivity contribution is 0.587. The fourth-order valence-electron chi connectivity index (χ4n) is 1.41. The van der Waals surface area contributed by atoms with Crippen LogP contribution in [0.4, 0.5) is 0 Å². The van der Waals surface area contributed by atoms with Crippen molar-refractivity contribution in [3.05, 3.63) is 28.6 Å². The van der Waals surface area contributed by atoms with Crippen LogP contribution in [0.15, 0.2) is 22.9 Å². The summed E-state index contributed by atoms with van der Waals surface area (Å²) in [6.45, 7) is 5.24. The van der Waals surface area contributed by atoms with E-state index in [4.69, 9.17) is 0 Å². The number of aromatic nitrogens is 1. The molecule has 80 valence electrons. The molecule has 0 bridgehead atoms. The third kappa shape index (κ3) is 2.45. The summed E-state index contributed by atoms with van der Waals surface area (Å²) in [4.78, 5) is 5.90. The first-order valence-electron chi connectivity index (χ1n) is 5.04. The zero-order valence-corrected chi connectivity index (χ0v) is 10.5. The molecule has 0 saturated carbocycles. The minimum Gasteiger partial charge on any atom is -0.309 e. The van der Waals surface area contributed by atoms with Gasteiger partial charge in [0.25, 0.3) is 0 Å². The van der Waals surface area contributed by atoms with Crippen LogP contribution in [-0.2, 0) is 0 Å². The average molecular weight is 238 g/mol. The van der Waals surface area contributed by atoms with Gasteiger partial charge in [-0.2, -0.15) is 0 Å². The molecule has 2 heterocycles. The molecule has 0 radical (unpaired) electrons. The van der Waals surface area contributed by atoms with Gasteiger partial charge in [-0.05, 0) is 24.9 Å². The summed E-state index contributed by atoms with van der Waals surface area (Å²) in [5.41, 5.74) is 1.14. The van der Waals surface area contributed by atoms with Crippen molar-refractivity contribution in [2.45, 2.75) is 19.9 Å². The lowest BCUT2D eigenvalue weighted by atomic mass is 10.2. The van der Waals surface area contributed by atoms with Gasteiger partial charge in [-0.25, -0.2) is 4.98 Å². The molecular weight excluding hydrogens is 224 g/mol. The van der Waals surface area contributed by atoms with Gasteiger partial charge >= 0.3 is 0 Å². The molecule has 1 atom stereocenters. The number of nitrogens with zero attached hydrogens (tertiary/aromatic N) is 1. The minimum atomic E-state index is 0.347. The zero-order chi connectivity index (χ0) is 10.7. The van der Waals surface area contributed by atoms with E-state index in [9.17, 15) is 0 Å². The van der Waals surface area contributed by atoms with Crippen LogP contribution in [0.3, 0.4) is 0 Å². The first-order valence-corrected chi connectivity index (χ1v) is 6.80. The summed E-state index contributed by atoms with van der Waals surface area (Å²) in [6.07, 6.45) is 0. The van der Waals surface area contributed by atoms with Gasteiger partial charge in [0, 0.05) is 11.4 Å². The van der Waals surface area contributed by atoms with Gasteiger partial charge in [0.15, 0.2) is 0 Å². The van der Waals surface area contributed by atoms with Crippen molar-refractivity contribution in [1.29, 1.82) is 0 Å². The maximum absolute atomic E-state index is 4.64. The van der Waals surface area contributed by atoms with E-state index in [1.54, 1.807) is 22.7 Å². The maximum atomic E-state index is 4.64. The highest BCUT2D eigenvalue weighted by Gasteiger charge is 2.10. The fourth-order valence-corrected chi connectivity index (χ4v) is 3.14. The molecule has 0 amide bonds. The normalized spacial score (nSPS) is 12.9. The molecule has 0 aliphatic heterocycles. The predicted octanol–water partition coefficient (Wildman–Crippen LogP) is 3.54. The quantitative estimate of drug-likeness (QED) is 0.881. The van der Waals surface area contributed by atoms with Crippen LogP contribution in [0.2, 0.25) is 0 Å². The third-order valence-corrected chi connectivity index (χ3v) is 4.11. The van der Waals surface area contributed by atoms with Crippen LogP contribution in [-0.4, -0.2) is 11.5 Å². The summed E-state index contributed by atoms with van der Waals surface area (Å²) < 4.78 is 0. The van der Waals surface area contributed by atoms with Crippen LogP contribution in [0.25, 0.3) is 9.88 Å². The molecule has 15 heavy (non-hydrogen) atoms. The molecule has 1 unspecified atom stereocenters. The highest BCUT2D eigenvalue weighted by molar-refractivity contribution is 7.20. The van der Waals surface area contributed by atoms with E-state index in [0.717, 1.165) is 17.2 Å². The van der Waals surface area contributed by atoms with E-state index in [1.165, 1.54) is 4.88 Å². The van der Waals surface area contributed by atoms with Crippen LogP contribution < -0.4 is 5.32 Å². The standard InChI is InChI=1S/C11H14N2S2/c1-3-12-8(2)9-7-15-11(13-9)10-5-4-6-14-10/h4-8,12H,3H2,1-2H3. The lowest BCUT2D eigenvalue weighted by Crippen LogP contribution is -2.17. The molecular formula is C11H14N2S2. The molecule has 0 aromatic carbocycles. The fraction of sp³-hybridized carbons (Fsp3) is 0.364. The minimum absolute atomic E-state index is 0.347. The van der Waals surface area contributed by atoms with E-state index in [-0.39, 0.29) is 0 Å². The Balaban J connectivity index is 2.17. The second kappa shape index (κ2) is 4.88. The van der Waals surface area contributed by atoms with Crippen LogP contribution in [0, 0.1) is 0 Å². The second-order valence-electron chi connectivity index (χ2n) is 3.33. The van der Waals surface area contributed by atoms with E-state index in [0.29, 0.717) is 6.04 Å². The first-order chi connectivity index (χ1) is 7.31. The van der Waals surface area contributed by atoms with Crippen molar-refractivity contribution >= 4 is 22.7 Å². The number of thiazole rings is 1. The van der Waals surface area contributed by atoms with Crippen molar-refractivity contribution in [3.63, 3.8) is 0 Å². The molecule has 0 aliphatic carbocycles. The molecule has 0 fully saturated rings. The van der Waals surface area contributed by atoms with Crippen LogP contribution in [0.1, 0.15) is 25.6 Å². The van der Waals surface area contributed by atoms with Crippen molar-refractivity contribution < 1.29 is 0 Å². The van der Waals surface area contributed by atoms with Crippen LogP contribution in [0.5, 0.6) is 0 Å². The molecule has 2 aromatic heterocycles. The van der Waals surface area contributed by atoms with Gasteiger partial charge in [0.1, 0.15) is 5.01 Å². The van der Waals surface area contributed by atoms with Gasteiger partial charge in [-0.3, -0.25) is 0 Å². The monoisotopic (exact) mass is 238 g/mol. The van der Waals surface area contributed by atoms with Crippen LogP contribution >= 0.6 is 22.7 Å². The summed E-state index contributed by atoms with van der Waals surface area (Å²) >= 11 is 3.46. The number of rotatable bonds is 4. The van der Waals surface area contributed by atoms with Crippen molar-refractivity contribution in [2.75, 3.05) is 6.54 Å². The summed E-state index contributed by atoms with van der Waals surface area (Å²) in [6, 6.07) is 4.53. The highest BCUT2D eigenvalue weighted by Crippen LogP contribution is 2.29. The van der Waals surface area contributed by atoms with Gasteiger partial charge in [0.2, 0.25) is 0 Å². The Hall–Kier alpha value is -0.710. The molecule has 2 nitrogen and oxygen atoms in total. The van der Waals surface area contributed by atoms with E-state index in [2.05, 4.69) is 47.0 Å². The Morgan fingerprint density at radius 3 is 3.00 bits per heavy atom. The second-order valence-corrected chi connectivity index (χ2v) is 5.14. The molecule has 0 saturated heterocycles. The highest BCUT2D eigenvalue weighted by atomic mass is 32.1. The molecule has 2 aromatic rings. The topological polar surface area (TPSA) is 24.9 Å². The number of thiophene rings is 1. The number of hydrogen-bond acceptors (Lipinski definition) is 4. The lowest BCUT2D eigenvalue weighted by Gasteiger charge is -2.07.